The van der Waals surface area contributed by atoms with Crippen molar-refractivity contribution < 1.29 is 0 Å². The lowest BCUT2D eigenvalue weighted by Crippen LogP contribution is -1.98. The van der Waals surface area contributed by atoms with Crippen LogP contribution in [0.3, 0.4) is 0 Å². The minimum absolute atomic E-state index is 0.0154. The Morgan fingerprint density at radius 1 is 0.688 bits per heavy atom. The van der Waals surface area contributed by atoms with E-state index in [1.54, 1.807) is 0 Å². The first-order valence-corrected chi connectivity index (χ1v) is 9.25. The number of fused-ring (bicyclic) bond motifs is 8. The Morgan fingerprint density at radius 2 is 1.38 bits per heavy atom. The maximum absolute atomic E-state index is 9.52. The van der Waals surface area contributed by atoms with Crippen molar-refractivity contribution in [3.63, 3.8) is 0 Å². The van der Waals surface area contributed by atoms with Crippen molar-refractivity contribution in [1.29, 1.82) is 10.5 Å². The van der Waals surface area contributed by atoms with Crippen LogP contribution in [0.4, 0.5) is 17.1 Å². The summed E-state index contributed by atoms with van der Waals surface area (Å²) >= 11 is 0. The molecule has 0 bridgehead atoms. The Bertz CT molecular complexity index is 1880. The van der Waals surface area contributed by atoms with Crippen LogP contribution in [0.1, 0.15) is 11.4 Å². The van der Waals surface area contributed by atoms with Gasteiger partial charge in [-0.2, -0.15) is 10.5 Å². The molecule has 32 heavy (non-hydrogen) atoms. The van der Waals surface area contributed by atoms with Gasteiger partial charge in [0.25, 0.3) is 0 Å². The van der Waals surface area contributed by atoms with Crippen LogP contribution in [-0.4, -0.2) is 9.97 Å². The molecule has 0 spiro atoms. The normalized spacial score (nSPS) is 10.3. The topological polar surface area (TPSA) is 86.4 Å². The van der Waals surface area contributed by atoms with Gasteiger partial charge >= 0.3 is 0 Å². The predicted octanol–water partition coefficient (Wildman–Crippen LogP) is 6.49. The van der Waals surface area contributed by atoms with E-state index in [0.29, 0.717) is 32.6 Å². The van der Waals surface area contributed by atoms with E-state index in [9.17, 15) is 10.5 Å². The van der Waals surface area contributed by atoms with Gasteiger partial charge in [0.1, 0.15) is 12.1 Å². The first kappa shape index (κ1) is 18.5. The Hall–Kier alpha value is -5.55. The molecule has 0 saturated carbocycles. The summed E-state index contributed by atoms with van der Waals surface area (Å²) in [5.74, 6) is 0. The molecule has 0 N–H and O–H groups in total. The van der Waals surface area contributed by atoms with Gasteiger partial charge in [0.2, 0.25) is 5.69 Å². The van der Waals surface area contributed by atoms with Crippen molar-refractivity contribution in [1.82, 2.24) is 9.97 Å². The second-order valence-electron chi connectivity index (χ2n) is 6.90. The van der Waals surface area contributed by atoms with Crippen LogP contribution >= 0.6 is 0 Å². The fourth-order valence-corrected chi connectivity index (χ4v) is 4.10. The Labute approximate surface area is 181 Å². The molecular weight excluding hydrogens is 398 g/mol. The third-order valence-corrected chi connectivity index (χ3v) is 5.40. The number of nitriles is 2. The van der Waals surface area contributed by atoms with Crippen LogP contribution in [0.2, 0.25) is 0 Å². The van der Waals surface area contributed by atoms with E-state index in [4.69, 9.17) is 19.7 Å². The number of benzene rings is 4. The second-order valence-corrected chi connectivity index (χ2v) is 6.90. The molecule has 142 valence electrons. The quantitative estimate of drug-likeness (QED) is 0.218. The van der Waals surface area contributed by atoms with E-state index in [1.807, 2.05) is 48.5 Å². The van der Waals surface area contributed by atoms with Crippen LogP contribution in [0.25, 0.3) is 57.9 Å². The standard InChI is InChI=1S/C25H7N7/c1-28-17-10-16-21(24(30-3)23(17)29-2)15-9-8-13-6-4-5-7-14(13)20(15)25-22(16)31-18(11-26)19(12-27)32-25/h4-10H. The van der Waals surface area contributed by atoms with Crippen LogP contribution in [0.5, 0.6) is 0 Å². The van der Waals surface area contributed by atoms with Crippen molar-refractivity contribution in [2.75, 3.05) is 0 Å². The summed E-state index contributed by atoms with van der Waals surface area (Å²) in [7, 11) is 0. The first-order chi connectivity index (χ1) is 15.7. The minimum atomic E-state index is -0.135. The summed E-state index contributed by atoms with van der Waals surface area (Å²) in [6, 6.07) is 16.8. The summed E-state index contributed by atoms with van der Waals surface area (Å²) in [4.78, 5) is 19.4. The van der Waals surface area contributed by atoms with E-state index in [-0.39, 0.29) is 28.5 Å². The molecule has 0 unspecified atom stereocenters. The van der Waals surface area contributed by atoms with E-state index >= 15 is 0 Å². The lowest BCUT2D eigenvalue weighted by molar-refractivity contribution is 1.21. The Balaban J connectivity index is 2.26. The van der Waals surface area contributed by atoms with Crippen LogP contribution < -0.4 is 0 Å². The number of hydrogen-bond acceptors (Lipinski definition) is 4. The number of aromatic nitrogens is 2. The molecule has 0 amide bonds. The lowest BCUT2D eigenvalue weighted by Gasteiger charge is -2.15. The highest BCUT2D eigenvalue weighted by molar-refractivity contribution is 6.33. The molecule has 5 rings (SSSR count). The van der Waals surface area contributed by atoms with Crippen molar-refractivity contribution in [3.05, 3.63) is 88.1 Å². The van der Waals surface area contributed by atoms with Gasteiger partial charge in [-0.15, -0.1) is 0 Å². The molecule has 0 aliphatic carbocycles. The average molecular weight is 405 g/mol. The van der Waals surface area contributed by atoms with Crippen LogP contribution in [0, 0.1) is 42.4 Å². The van der Waals surface area contributed by atoms with Crippen molar-refractivity contribution >= 4 is 60.4 Å². The van der Waals surface area contributed by atoms with Gasteiger partial charge in [-0.05, 0) is 26.9 Å². The zero-order valence-electron chi connectivity index (χ0n) is 16.2. The molecule has 7 nitrogen and oxygen atoms in total. The van der Waals surface area contributed by atoms with Gasteiger partial charge < -0.3 is 0 Å². The average Bonchev–Trinajstić information content (AvgIpc) is 2.85. The molecular formula is C25H7N7. The van der Waals surface area contributed by atoms with E-state index in [1.165, 1.54) is 6.07 Å². The lowest BCUT2D eigenvalue weighted by atomic mass is 9.93. The van der Waals surface area contributed by atoms with Gasteiger partial charge in [0.05, 0.1) is 30.7 Å². The van der Waals surface area contributed by atoms with Crippen molar-refractivity contribution in [2.24, 2.45) is 0 Å². The van der Waals surface area contributed by atoms with Gasteiger partial charge in [0.15, 0.2) is 22.8 Å². The van der Waals surface area contributed by atoms with Gasteiger partial charge in [0, 0.05) is 5.39 Å². The summed E-state index contributed by atoms with van der Waals surface area (Å²) in [5, 5.41) is 23.1. The highest BCUT2D eigenvalue weighted by Crippen LogP contribution is 2.49. The molecule has 5 aromatic rings. The van der Waals surface area contributed by atoms with Gasteiger partial charge in [-0.3, -0.25) is 14.5 Å². The monoisotopic (exact) mass is 405 g/mol. The van der Waals surface area contributed by atoms with Crippen molar-refractivity contribution in [3.8, 4) is 12.1 Å². The van der Waals surface area contributed by atoms with E-state index < -0.39 is 0 Å². The Morgan fingerprint density at radius 3 is 2.03 bits per heavy atom. The molecule has 0 atom stereocenters. The smallest absolute Gasteiger partial charge is 0.201 e. The first-order valence-electron chi connectivity index (χ1n) is 9.25. The molecule has 7 heteroatoms. The molecule has 0 aliphatic rings. The third kappa shape index (κ3) is 2.30. The second kappa shape index (κ2) is 6.76. The molecule has 0 saturated heterocycles. The minimum Gasteiger partial charge on any atom is -0.262 e. The van der Waals surface area contributed by atoms with Crippen LogP contribution in [-0.2, 0) is 0 Å². The number of hydrogen-bond donors (Lipinski definition) is 0. The zero-order chi connectivity index (χ0) is 22.4. The largest absolute Gasteiger partial charge is 0.262 e. The fraction of sp³-hybridized carbons (Fsp3) is 0. The van der Waals surface area contributed by atoms with Gasteiger partial charge in [-0.1, -0.05) is 42.5 Å². The maximum atomic E-state index is 9.52. The molecule has 0 aliphatic heterocycles. The molecule has 4 aromatic carbocycles. The summed E-state index contributed by atoms with van der Waals surface area (Å²) in [6.45, 7) is 22.8. The van der Waals surface area contributed by atoms with Crippen LogP contribution in [0.15, 0.2) is 42.5 Å². The molecule has 0 radical (unpaired) electrons. The Kier molecular flexibility index (Phi) is 3.90. The predicted molar refractivity (Wildman–Crippen MR) is 120 cm³/mol. The summed E-state index contributed by atoms with van der Waals surface area (Å²) < 4.78 is 0. The maximum Gasteiger partial charge on any atom is 0.201 e. The van der Waals surface area contributed by atoms with Gasteiger partial charge in [-0.25, -0.2) is 9.97 Å². The number of rotatable bonds is 0. The summed E-state index contributed by atoms with van der Waals surface area (Å²) in [6.07, 6.45) is 0. The number of nitrogens with zero attached hydrogens (tertiary/aromatic N) is 7. The zero-order valence-corrected chi connectivity index (χ0v) is 16.2. The van der Waals surface area contributed by atoms with Crippen molar-refractivity contribution in [2.45, 2.75) is 0 Å². The SMILES string of the molecule is [C-]#[N+]c1cc2c3nc(C#N)c(C#N)nc3c3c4ccccc4ccc3c2c([N+]#[C-])c1[N+]#[C-]. The fourth-order valence-electron chi connectivity index (χ4n) is 4.10. The highest BCUT2D eigenvalue weighted by Gasteiger charge is 2.22. The molecule has 1 aromatic heterocycles. The summed E-state index contributed by atoms with van der Waals surface area (Å²) in [5.41, 5.74) is 0.567. The van der Waals surface area contributed by atoms with E-state index in [0.717, 1.165) is 10.8 Å². The van der Waals surface area contributed by atoms with E-state index in [2.05, 4.69) is 24.5 Å². The molecule has 0 fully saturated rings. The third-order valence-electron chi connectivity index (χ3n) is 5.40. The highest BCUT2D eigenvalue weighted by atomic mass is 14.8. The molecule has 1 heterocycles.